The third-order valence-electron chi connectivity index (χ3n) is 7.94. The second kappa shape index (κ2) is 13.1. The van der Waals surface area contributed by atoms with E-state index in [-0.39, 0.29) is 29.9 Å². The zero-order valence-corrected chi connectivity index (χ0v) is 24.8. The minimum absolute atomic E-state index is 0.00540. The fourth-order valence-corrected chi connectivity index (χ4v) is 5.47. The second-order valence-corrected chi connectivity index (χ2v) is 12.0. The van der Waals surface area contributed by atoms with E-state index in [9.17, 15) is 9.59 Å². The molecule has 0 radical (unpaired) electrons. The van der Waals surface area contributed by atoms with Crippen LogP contribution in [-0.4, -0.2) is 35.9 Å². The van der Waals surface area contributed by atoms with E-state index in [2.05, 4.69) is 62.5 Å². The summed E-state index contributed by atoms with van der Waals surface area (Å²) in [6.45, 7) is 7.78. The number of hydrogen-bond acceptors (Lipinski definition) is 3. The summed E-state index contributed by atoms with van der Waals surface area (Å²) in [5, 5.41) is 3.05. The number of amides is 2. The molecule has 1 heterocycles. The number of carbonyl (C=O) groups is 2. The molecule has 0 aromatic heterocycles. The molecule has 0 unspecified atom stereocenters. The van der Waals surface area contributed by atoms with E-state index >= 15 is 0 Å². The fourth-order valence-electron chi connectivity index (χ4n) is 5.47. The first-order valence-corrected chi connectivity index (χ1v) is 14.8. The van der Waals surface area contributed by atoms with Gasteiger partial charge in [0.25, 0.3) is 11.8 Å². The first-order valence-electron chi connectivity index (χ1n) is 14.8. The van der Waals surface area contributed by atoms with Crippen LogP contribution in [0.4, 0.5) is 0 Å². The molecule has 2 amide bonds. The van der Waals surface area contributed by atoms with Gasteiger partial charge in [0.1, 0.15) is 12.4 Å². The number of para-hydroxylation sites is 1. The lowest BCUT2D eigenvalue weighted by Crippen LogP contribution is -2.45. The predicted octanol–water partition coefficient (Wildman–Crippen LogP) is 6.99. The Hall–Kier alpha value is -4.38. The van der Waals surface area contributed by atoms with Crippen molar-refractivity contribution in [3.05, 3.63) is 137 Å². The standard InChI is InChI=1S/C37H40N2O3/c1-37(2,3)31-21-19-29(20-22-31)36(41)39-25-30-15-8-7-14-28(30)16-11-23-38-35(40)33-17-9-10-18-34(33)42-26-32(39)24-27-12-5-4-6-13-27/h4-10,12-15,17-22,32H,11,16,23-26H2,1-3H3,(H,38,40)/t32-/m0/s1. The van der Waals surface area contributed by atoms with Gasteiger partial charge in [-0.15, -0.1) is 0 Å². The molecule has 1 N–H and O–H groups in total. The lowest BCUT2D eigenvalue weighted by Gasteiger charge is -2.33. The Balaban J connectivity index is 1.58. The van der Waals surface area contributed by atoms with Crippen LogP contribution in [0.2, 0.25) is 0 Å². The average Bonchev–Trinajstić information content (AvgIpc) is 3.00. The summed E-state index contributed by atoms with van der Waals surface area (Å²) in [6, 6.07) is 33.6. The maximum absolute atomic E-state index is 14.4. The largest absolute Gasteiger partial charge is 0.491 e. The van der Waals surface area contributed by atoms with Gasteiger partial charge in [0.15, 0.2) is 0 Å². The Kier molecular flexibility index (Phi) is 9.06. The van der Waals surface area contributed by atoms with E-state index < -0.39 is 0 Å². The number of nitrogens with zero attached hydrogens (tertiary/aromatic N) is 1. The SMILES string of the molecule is CC(C)(C)c1ccc(C(=O)N2Cc3ccccc3CCCNC(=O)c3ccccc3OC[C@@H]2Cc2ccccc2)cc1. The van der Waals surface area contributed by atoms with Crippen molar-refractivity contribution in [3.63, 3.8) is 0 Å². The van der Waals surface area contributed by atoms with Crippen LogP contribution in [0.15, 0.2) is 103 Å². The molecule has 1 atom stereocenters. The molecule has 1 aliphatic heterocycles. The Bertz CT molecular complexity index is 1510. The highest BCUT2D eigenvalue weighted by molar-refractivity contribution is 5.97. The molecule has 0 saturated heterocycles. The average molecular weight is 561 g/mol. The van der Waals surface area contributed by atoms with Gasteiger partial charge in [-0.3, -0.25) is 9.59 Å². The molecule has 5 rings (SSSR count). The van der Waals surface area contributed by atoms with Gasteiger partial charge in [0, 0.05) is 18.7 Å². The van der Waals surface area contributed by atoms with Crippen LogP contribution in [0.5, 0.6) is 5.75 Å². The van der Waals surface area contributed by atoms with Crippen molar-refractivity contribution in [2.45, 2.75) is 58.0 Å². The smallest absolute Gasteiger partial charge is 0.255 e. The summed E-state index contributed by atoms with van der Waals surface area (Å²) < 4.78 is 6.40. The molecule has 0 spiro atoms. The number of ether oxygens (including phenoxy) is 1. The number of benzene rings is 4. The molecule has 0 fully saturated rings. The van der Waals surface area contributed by atoms with Crippen molar-refractivity contribution in [3.8, 4) is 5.75 Å². The van der Waals surface area contributed by atoms with Gasteiger partial charge in [-0.1, -0.05) is 99.6 Å². The van der Waals surface area contributed by atoms with Crippen molar-refractivity contribution < 1.29 is 14.3 Å². The van der Waals surface area contributed by atoms with Gasteiger partial charge in [-0.25, -0.2) is 0 Å². The van der Waals surface area contributed by atoms with Gasteiger partial charge >= 0.3 is 0 Å². The van der Waals surface area contributed by atoms with Crippen molar-refractivity contribution in [2.75, 3.05) is 13.2 Å². The number of rotatable bonds is 3. The molecule has 0 aliphatic carbocycles. The van der Waals surface area contributed by atoms with Gasteiger partial charge in [-0.2, -0.15) is 0 Å². The summed E-state index contributed by atoms with van der Waals surface area (Å²) in [4.78, 5) is 29.5. The third-order valence-corrected chi connectivity index (χ3v) is 7.94. The van der Waals surface area contributed by atoms with Crippen LogP contribution in [-0.2, 0) is 24.8 Å². The normalized spacial score (nSPS) is 16.3. The van der Waals surface area contributed by atoms with Crippen LogP contribution in [0.3, 0.4) is 0 Å². The van der Waals surface area contributed by atoms with Gasteiger partial charge in [0.05, 0.1) is 11.6 Å². The van der Waals surface area contributed by atoms with Crippen LogP contribution in [0.25, 0.3) is 0 Å². The highest BCUT2D eigenvalue weighted by Crippen LogP contribution is 2.26. The highest BCUT2D eigenvalue weighted by Gasteiger charge is 2.28. The monoisotopic (exact) mass is 560 g/mol. The maximum Gasteiger partial charge on any atom is 0.255 e. The molecule has 4 aromatic carbocycles. The lowest BCUT2D eigenvalue weighted by atomic mass is 9.86. The number of fused-ring (bicyclic) bond motifs is 2. The second-order valence-electron chi connectivity index (χ2n) is 12.0. The first-order chi connectivity index (χ1) is 20.3. The van der Waals surface area contributed by atoms with E-state index in [0.717, 1.165) is 24.0 Å². The van der Waals surface area contributed by atoms with Crippen LogP contribution in [0.1, 0.15) is 70.2 Å². The Morgan fingerprint density at radius 3 is 2.26 bits per heavy atom. The Labute approximate surface area is 249 Å². The summed E-state index contributed by atoms with van der Waals surface area (Å²) >= 11 is 0. The molecule has 216 valence electrons. The molecule has 5 heteroatoms. The molecule has 1 aliphatic rings. The summed E-state index contributed by atoms with van der Waals surface area (Å²) in [7, 11) is 0. The molecule has 0 saturated carbocycles. The quantitative estimate of drug-likeness (QED) is 0.294. The topological polar surface area (TPSA) is 58.6 Å². The van der Waals surface area contributed by atoms with Crippen LogP contribution < -0.4 is 10.1 Å². The summed E-state index contributed by atoms with van der Waals surface area (Å²) in [5.74, 6) is 0.336. The molecular formula is C37H40N2O3. The van der Waals surface area contributed by atoms with Crippen LogP contribution in [0, 0.1) is 0 Å². The number of carbonyl (C=O) groups excluding carboxylic acids is 2. The Morgan fingerprint density at radius 2 is 1.52 bits per heavy atom. The molecule has 4 aromatic rings. The van der Waals surface area contributed by atoms with Gasteiger partial charge < -0.3 is 15.0 Å². The van der Waals surface area contributed by atoms with Crippen LogP contribution >= 0.6 is 0 Å². The Morgan fingerprint density at radius 1 is 0.857 bits per heavy atom. The highest BCUT2D eigenvalue weighted by atomic mass is 16.5. The zero-order valence-electron chi connectivity index (χ0n) is 24.8. The van der Waals surface area contributed by atoms with Crippen molar-refractivity contribution in [2.24, 2.45) is 0 Å². The number of hydrogen-bond donors (Lipinski definition) is 1. The zero-order chi connectivity index (χ0) is 29.5. The summed E-state index contributed by atoms with van der Waals surface area (Å²) in [6.07, 6.45) is 2.21. The molecule has 42 heavy (non-hydrogen) atoms. The molecular weight excluding hydrogens is 520 g/mol. The third kappa shape index (κ3) is 7.09. The number of nitrogens with one attached hydrogen (secondary N) is 1. The minimum atomic E-state index is -0.283. The van der Waals surface area contributed by atoms with E-state index in [1.54, 1.807) is 6.07 Å². The first kappa shape index (κ1) is 29.1. The maximum atomic E-state index is 14.4. The van der Waals surface area contributed by atoms with Crippen molar-refractivity contribution in [1.29, 1.82) is 0 Å². The molecule has 0 bridgehead atoms. The van der Waals surface area contributed by atoms with E-state index in [0.29, 0.717) is 36.4 Å². The van der Waals surface area contributed by atoms with Gasteiger partial charge in [-0.05, 0) is 71.2 Å². The van der Waals surface area contributed by atoms with E-state index in [4.69, 9.17) is 4.74 Å². The predicted molar refractivity (Wildman–Crippen MR) is 168 cm³/mol. The van der Waals surface area contributed by atoms with Crippen molar-refractivity contribution >= 4 is 11.8 Å². The van der Waals surface area contributed by atoms with Gasteiger partial charge in [0.2, 0.25) is 0 Å². The fraction of sp³-hybridized carbons (Fsp3) is 0.297. The minimum Gasteiger partial charge on any atom is -0.491 e. The summed E-state index contributed by atoms with van der Waals surface area (Å²) in [5.41, 5.74) is 5.75. The van der Waals surface area contributed by atoms with E-state index in [1.165, 1.54) is 11.1 Å². The lowest BCUT2D eigenvalue weighted by molar-refractivity contribution is 0.0588. The molecule has 5 nitrogen and oxygen atoms in total. The van der Waals surface area contributed by atoms with E-state index in [1.807, 2.05) is 65.6 Å². The van der Waals surface area contributed by atoms with Crippen molar-refractivity contribution in [1.82, 2.24) is 10.2 Å². The number of aryl methyl sites for hydroxylation is 1.